The zero-order valence-corrected chi connectivity index (χ0v) is 20.5. The van der Waals surface area contributed by atoms with E-state index in [4.69, 9.17) is 9.73 Å². The first-order valence-electron chi connectivity index (χ1n) is 12.0. The Kier molecular flexibility index (Phi) is 11.7. The Morgan fingerprint density at radius 2 is 1.40 bits per heavy atom. The third-order valence-corrected chi connectivity index (χ3v) is 6.13. The molecule has 0 bridgehead atoms. The van der Waals surface area contributed by atoms with Gasteiger partial charge in [-0.3, -0.25) is 5.01 Å². The zero-order valence-electron chi connectivity index (χ0n) is 19.7. The van der Waals surface area contributed by atoms with E-state index in [0.717, 1.165) is 29.6 Å². The molecule has 0 unspecified atom stereocenters. The van der Waals surface area contributed by atoms with Gasteiger partial charge in [-0.05, 0) is 50.8 Å². The lowest BCUT2D eigenvalue weighted by atomic mass is 10.1. The van der Waals surface area contributed by atoms with Gasteiger partial charge in [0.15, 0.2) is 5.17 Å². The van der Waals surface area contributed by atoms with Gasteiger partial charge in [0.05, 0.1) is 12.3 Å². The first-order chi connectivity index (χ1) is 14.6. The van der Waals surface area contributed by atoms with Crippen molar-refractivity contribution in [3.8, 4) is 5.75 Å². The molecule has 2 rings (SSSR count). The second-order valence-corrected chi connectivity index (χ2v) is 9.61. The van der Waals surface area contributed by atoms with Crippen LogP contribution in [0.2, 0.25) is 0 Å². The maximum atomic E-state index is 5.94. The van der Waals surface area contributed by atoms with Gasteiger partial charge < -0.3 is 4.74 Å². The average molecular weight is 434 g/mol. The van der Waals surface area contributed by atoms with Crippen LogP contribution >= 0.6 is 11.8 Å². The van der Waals surface area contributed by atoms with Crippen LogP contribution in [0, 0.1) is 0 Å². The van der Waals surface area contributed by atoms with E-state index in [1.54, 1.807) is 11.8 Å². The van der Waals surface area contributed by atoms with Crippen molar-refractivity contribution in [3.05, 3.63) is 24.3 Å². The number of anilines is 1. The van der Waals surface area contributed by atoms with Gasteiger partial charge in [0.2, 0.25) is 0 Å². The molecule has 0 fully saturated rings. The Morgan fingerprint density at radius 3 is 1.93 bits per heavy atom. The summed E-state index contributed by atoms with van der Waals surface area (Å²) in [5.41, 5.74) is 4.26. The largest absolute Gasteiger partial charge is 0.494 e. The molecule has 0 radical (unpaired) electrons. The number of hydrogen-bond acceptors (Lipinski definition) is 5. The normalized spacial score (nSPS) is 15.5. The van der Waals surface area contributed by atoms with Crippen molar-refractivity contribution in [1.29, 1.82) is 0 Å². The van der Waals surface area contributed by atoms with Crippen molar-refractivity contribution in [3.63, 3.8) is 0 Å². The summed E-state index contributed by atoms with van der Waals surface area (Å²) >= 11 is 1.66. The van der Waals surface area contributed by atoms with E-state index in [2.05, 4.69) is 61.7 Å². The second kappa shape index (κ2) is 14.0. The molecule has 1 aliphatic heterocycles. The maximum absolute atomic E-state index is 5.94. The molecule has 0 atom stereocenters. The highest BCUT2D eigenvalue weighted by Gasteiger charge is 2.30. The molecule has 30 heavy (non-hydrogen) atoms. The fourth-order valence-corrected chi connectivity index (χ4v) is 4.43. The molecule has 1 aromatic carbocycles. The van der Waals surface area contributed by atoms with Crippen molar-refractivity contribution in [2.24, 2.45) is 4.99 Å². The predicted molar refractivity (Wildman–Crippen MR) is 134 cm³/mol. The molecule has 170 valence electrons. The van der Waals surface area contributed by atoms with Crippen LogP contribution in [0.1, 0.15) is 97.8 Å². The molecule has 1 aliphatic rings. The molecule has 0 aromatic heterocycles. The number of hydrogen-bond donors (Lipinski definition) is 1. The monoisotopic (exact) mass is 433 g/mol. The SMILES string of the molecule is CCCCCCCCCCCCCCOc1ccc(N2NC(C)(C)N=C2SC)cc1. The molecule has 0 amide bonds. The number of nitrogens with zero attached hydrogens (tertiary/aromatic N) is 2. The van der Waals surface area contributed by atoms with Crippen LogP contribution in [0.25, 0.3) is 0 Å². The Labute approximate surface area is 189 Å². The van der Waals surface area contributed by atoms with Crippen LogP contribution in [0.4, 0.5) is 5.69 Å². The molecular formula is C25H43N3OS. The van der Waals surface area contributed by atoms with Crippen LogP contribution in [0.5, 0.6) is 5.75 Å². The number of nitrogens with one attached hydrogen (secondary N) is 1. The number of unbranched alkanes of at least 4 members (excludes halogenated alkanes) is 11. The number of rotatable bonds is 15. The average Bonchev–Trinajstić information content (AvgIpc) is 3.06. The highest BCUT2D eigenvalue weighted by Crippen LogP contribution is 2.27. The van der Waals surface area contributed by atoms with Crippen LogP contribution in [-0.2, 0) is 0 Å². The van der Waals surface area contributed by atoms with Gasteiger partial charge in [0, 0.05) is 0 Å². The van der Waals surface area contributed by atoms with Crippen LogP contribution < -0.4 is 15.2 Å². The topological polar surface area (TPSA) is 36.9 Å². The lowest BCUT2D eigenvalue weighted by molar-refractivity contribution is 0.304. The number of aliphatic imine (C=N–C) groups is 1. The summed E-state index contributed by atoms with van der Waals surface area (Å²) in [5, 5.41) is 3.05. The number of thioether (sulfide) groups is 1. The van der Waals surface area contributed by atoms with Gasteiger partial charge in [0.1, 0.15) is 11.4 Å². The van der Waals surface area contributed by atoms with Gasteiger partial charge in [-0.25, -0.2) is 10.4 Å². The summed E-state index contributed by atoms with van der Waals surface area (Å²) in [6.45, 7) is 7.25. The summed E-state index contributed by atoms with van der Waals surface area (Å²) in [6, 6.07) is 8.30. The summed E-state index contributed by atoms with van der Waals surface area (Å²) < 4.78 is 5.94. The van der Waals surface area contributed by atoms with Crippen molar-refractivity contribution in [1.82, 2.24) is 5.43 Å². The highest BCUT2D eigenvalue weighted by molar-refractivity contribution is 8.13. The first-order valence-corrected chi connectivity index (χ1v) is 13.2. The number of hydrazine groups is 1. The van der Waals surface area contributed by atoms with Crippen molar-refractivity contribution in [2.45, 2.75) is 103 Å². The summed E-state index contributed by atoms with van der Waals surface area (Å²) in [5.74, 6) is 0.947. The highest BCUT2D eigenvalue weighted by atomic mass is 32.2. The van der Waals surface area contributed by atoms with E-state index in [-0.39, 0.29) is 5.66 Å². The molecule has 0 saturated heterocycles. The van der Waals surface area contributed by atoms with Gasteiger partial charge in [-0.2, -0.15) is 0 Å². The van der Waals surface area contributed by atoms with E-state index in [0.29, 0.717) is 0 Å². The Morgan fingerprint density at radius 1 is 0.867 bits per heavy atom. The van der Waals surface area contributed by atoms with E-state index >= 15 is 0 Å². The Balaban J connectivity index is 1.52. The second-order valence-electron chi connectivity index (χ2n) is 8.84. The van der Waals surface area contributed by atoms with Crippen molar-refractivity contribution < 1.29 is 4.74 Å². The minimum Gasteiger partial charge on any atom is -0.494 e. The van der Waals surface area contributed by atoms with E-state index in [1.807, 2.05) is 0 Å². The standard InChI is InChI=1S/C25H43N3OS/c1-5-6-7-8-9-10-11-12-13-14-15-16-21-29-23-19-17-22(18-20-23)28-24(30-4)26-25(2,3)27-28/h17-20,27H,5-16,21H2,1-4H3. The summed E-state index contributed by atoms with van der Waals surface area (Å²) in [7, 11) is 0. The lowest BCUT2D eigenvalue weighted by Gasteiger charge is -2.23. The molecule has 1 N–H and O–H groups in total. The number of ether oxygens (including phenoxy) is 1. The quantitative estimate of drug-likeness (QED) is 0.290. The van der Waals surface area contributed by atoms with Gasteiger partial charge >= 0.3 is 0 Å². The first kappa shape index (κ1) is 25.1. The van der Waals surface area contributed by atoms with Crippen LogP contribution in [0.15, 0.2) is 29.3 Å². The molecule has 1 heterocycles. The van der Waals surface area contributed by atoms with Crippen LogP contribution in [0.3, 0.4) is 0 Å². The smallest absolute Gasteiger partial charge is 0.180 e. The van der Waals surface area contributed by atoms with Gasteiger partial charge in [0.25, 0.3) is 0 Å². The number of amidine groups is 1. The minimum absolute atomic E-state index is 0.262. The Bertz CT molecular complexity index is 615. The lowest BCUT2D eigenvalue weighted by Crippen LogP contribution is -2.44. The minimum atomic E-state index is -0.262. The van der Waals surface area contributed by atoms with Gasteiger partial charge in [-0.15, -0.1) is 0 Å². The fraction of sp³-hybridized carbons (Fsp3) is 0.720. The van der Waals surface area contributed by atoms with Crippen LogP contribution in [-0.4, -0.2) is 23.7 Å². The molecule has 0 saturated carbocycles. The third-order valence-electron chi connectivity index (χ3n) is 5.50. The predicted octanol–water partition coefficient (Wildman–Crippen LogP) is 7.55. The van der Waals surface area contributed by atoms with E-state index in [9.17, 15) is 0 Å². The molecule has 5 heteroatoms. The van der Waals surface area contributed by atoms with Crippen molar-refractivity contribution >= 4 is 22.6 Å². The maximum Gasteiger partial charge on any atom is 0.180 e. The number of benzene rings is 1. The molecule has 0 aliphatic carbocycles. The van der Waals surface area contributed by atoms with Crippen molar-refractivity contribution in [2.75, 3.05) is 17.9 Å². The van der Waals surface area contributed by atoms with E-state index in [1.165, 1.54) is 70.6 Å². The fourth-order valence-electron chi connectivity index (χ4n) is 3.77. The Hall–Kier alpha value is -1.20. The zero-order chi connectivity index (χ0) is 21.7. The molecular weight excluding hydrogens is 390 g/mol. The van der Waals surface area contributed by atoms with Gasteiger partial charge in [-0.1, -0.05) is 89.3 Å². The third kappa shape index (κ3) is 9.30. The molecule has 1 aromatic rings. The summed E-state index contributed by atoms with van der Waals surface area (Å²) in [6.07, 6.45) is 18.5. The molecule has 0 spiro atoms. The molecule has 4 nitrogen and oxygen atoms in total. The summed E-state index contributed by atoms with van der Waals surface area (Å²) in [4.78, 5) is 4.70. The van der Waals surface area contributed by atoms with E-state index < -0.39 is 0 Å².